The van der Waals surface area contributed by atoms with E-state index in [1.807, 2.05) is 31.2 Å². The maximum absolute atomic E-state index is 13.0. The van der Waals surface area contributed by atoms with Crippen molar-refractivity contribution in [1.82, 2.24) is 10.2 Å². The number of carbonyl (C=O) groups excluding carboxylic acids is 2. The predicted molar refractivity (Wildman–Crippen MR) is 105 cm³/mol. The van der Waals surface area contributed by atoms with Gasteiger partial charge in [-0.1, -0.05) is 29.5 Å². The van der Waals surface area contributed by atoms with Gasteiger partial charge < -0.3 is 4.90 Å². The molecule has 1 aromatic heterocycles. The number of aryl methyl sites for hydroxylation is 1. The Morgan fingerprint density at radius 2 is 1.93 bits per heavy atom. The van der Waals surface area contributed by atoms with Crippen molar-refractivity contribution in [1.29, 1.82) is 0 Å². The summed E-state index contributed by atoms with van der Waals surface area (Å²) in [5, 5.41) is 11.9. The first-order valence-corrected chi connectivity index (χ1v) is 9.59. The molecule has 1 aliphatic heterocycles. The Labute approximate surface area is 165 Å². The van der Waals surface area contributed by atoms with Crippen molar-refractivity contribution < 1.29 is 14.0 Å². The van der Waals surface area contributed by atoms with Crippen molar-refractivity contribution in [2.45, 2.75) is 19.3 Å². The summed E-state index contributed by atoms with van der Waals surface area (Å²) < 4.78 is 13.0. The Balaban J connectivity index is 1.46. The van der Waals surface area contributed by atoms with E-state index in [1.165, 1.54) is 35.6 Å². The third-order valence-corrected chi connectivity index (χ3v) is 5.65. The highest BCUT2D eigenvalue weighted by Crippen LogP contribution is 2.35. The molecule has 0 bridgehead atoms. The van der Waals surface area contributed by atoms with Crippen molar-refractivity contribution in [3.63, 3.8) is 0 Å². The van der Waals surface area contributed by atoms with E-state index < -0.39 is 5.82 Å². The van der Waals surface area contributed by atoms with Crippen LogP contribution < -0.4 is 10.2 Å². The quantitative estimate of drug-likeness (QED) is 0.729. The number of aromatic nitrogens is 2. The Hall–Kier alpha value is -3.13. The molecule has 0 unspecified atom stereocenters. The molecule has 1 N–H and O–H groups in total. The zero-order valence-corrected chi connectivity index (χ0v) is 15.9. The second-order valence-electron chi connectivity index (χ2n) is 6.60. The van der Waals surface area contributed by atoms with Crippen LogP contribution in [0.25, 0.3) is 0 Å². The van der Waals surface area contributed by atoms with Crippen LogP contribution in [0.4, 0.5) is 15.2 Å². The average Bonchev–Trinajstić information content (AvgIpc) is 3.29. The normalized spacial score (nSPS) is 16.4. The van der Waals surface area contributed by atoms with Gasteiger partial charge in [-0.2, -0.15) is 0 Å². The number of nitrogens with zero attached hydrogens (tertiary/aromatic N) is 3. The molecule has 0 radical (unpaired) electrons. The number of amides is 2. The monoisotopic (exact) mass is 396 g/mol. The summed E-state index contributed by atoms with van der Waals surface area (Å²) in [6, 6.07) is 13.0. The lowest BCUT2D eigenvalue weighted by molar-refractivity contribution is -0.117. The van der Waals surface area contributed by atoms with Gasteiger partial charge >= 0.3 is 0 Å². The number of halogens is 1. The number of benzene rings is 2. The Morgan fingerprint density at radius 1 is 1.18 bits per heavy atom. The minimum atomic E-state index is -0.404. The lowest BCUT2D eigenvalue weighted by atomic mass is 10.1. The number of para-hydroxylation sites is 1. The summed E-state index contributed by atoms with van der Waals surface area (Å²) in [5.41, 5.74) is 2.28. The standard InChI is InChI=1S/C20H17FN4O2S/c1-12-4-2-3-5-16(12)25-11-14(10-17(25)26)19-23-24-20(28-19)22-18(27)13-6-8-15(21)9-7-13/h2-9,14H,10-11H2,1H3,(H,22,24,27)/t14-/m1/s1. The maximum Gasteiger partial charge on any atom is 0.257 e. The van der Waals surface area contributed by atoms with Gasteiger partial charge in [0.05, 0.1) is 0 Å². The van der Waals surface area contributed by atoms with E-state index in [1.54, 1.807) is 4.90 Å². The number of nitrogens with one attached hydrogen (secondary N) is 1. The van der Waals surface area contributed by atoms with Crippen LogP contribution in [0.3, 0.4) is 0 Å². The molecule has 6 nitrogen and oxygen atoms in total. The Bertz CT molecular complexity index is 1030. The lowest BCUT2D eigenvalue weighted by Gasteiger charge is -2.18. The van der Waals surface area contributed by atoms with Gasteiger partial charge in [-0.15, -0.1) is 10.2 Å². The number of hydrogen-bond acceptors (Lipinski definition) is 5. The van der Waals surface area contributed by atoms with Gasteiger partial charge in [0.15, 0.2) is 0 Å². The van der Waals surface area contributed by atoms with Crippen molar-refractivity contribution in [3.05, 3.63) is 70.5 Å². The van der Waals surface area contributed by atoms with E-state index in [4.69, 9.17) is 0 Å². The predicted octanol–water partition coefficient (Wildman–Crippen LogP) is 3.76. The van der Waals surface area contributed by atoms with Gasteiger partial charge in [0.25, 0.3) is 5.91 Å². The number of hydrogen-bond donors (Lipinski definition) is 1. The second kappa shape index (κ2) is 7.47. The summed E-state index contributed by atoms with van der Waals surface area (Å²) in [6.07, 6.45) is 0.356. The lowest BCUT2D eigenvalue weighted by Crippen LogP contribution is -2.25. The second-order valence-corrected chi connectivity index (χ2v) is 7.61. The molecular weight excluding hydrogens is 379 g/mol. The smallest absolute Gasteiger partial charge is 0.257 e. The van der Waals surface area contributed by atoms with Gasteiger partial charge in [0.1, 0.15) is 10.8 Å². The highest BCUT2D eigenvalue weighted by atomic mass is 32.1. The third-order valence-electron chi connectivity index (χ3n) is 4.65. The Morgan fingerprint density at radius 3 is 2.68 bits per heavy atom. The summed E-state index contributed by atoms with van der Waals surface area (Å²) >= 11 is 1.25. The van der Waals surface area contributed by atoms with Crippen LogP contribution in [0.2, 0.25) is 0 Å². The van der Waals surface area contributed by atoms with E-state index in [9.17, 15) is 14.0 Å². The molecule has 1 aliphatic rings. The maximum atomic E-state index is 13.0. The Kier molecular flexibility index (Phi) is 4.87. The molecule has 8 heteroatoms. The topological polar surface area (TPSA) is 75.2 Å². The molecule has 0 spiro atoms. The van der Waals surface area contributed by atoms with E-state index in [-0.39, 0.29) is 17.7 Å². The minimum absolute atomic E-state index is 0.0476. The van der Waals surface area contributed by atoms with Gasteiger partial charge in [0, 0.05) is 30.1 Å². The molecule has 1 atom stereocenters. The van der Waals surface area contributed by atoms with E-state index >= 15 is 0 Å². The average molecular weight is 396 g/mol. The largest absolute Gasteiger partial charge is 0.311 e. The molecule has 28 heavy (non-hydrogen) atoms. The van der Waals surface area contributed by atoms with Crippen LogP contribution in [0.15, 0.2) is 48.5 Å². The minimum Gasteiger partial charge on any atom is -0.311 e. The van der Waals surface area contributed by atoms with E-state index in [2.05, 4.69) is 15.5 Å². The summed E-state index contributed by atoms with van der Waals surface area (Å²) in [7, 11) is 0. The fourth-order valence-corrected chi connectivity index (χ4v) is 4.02. The third kappa shape index (κ3) is 3.63. The molecule has 1 saturated heterocycles. The van der Waals surface area contributed by atoms with Crippen molar-refractivity contribution in [3.8, 4) is 0 Å². The number of anilines is 2. The van der Waals surface area contributed by atoms with Gasteiger partial charge in [0.2, 0.25) is 11.0 Å². The molecular formula is C20H17FN4O2S. The van der Waals surface area contributed by atoms with Crippen LogP contribution in [0.5, 0.6) is 0 Å². The van der Waals surface area contributed by atoms with Gasteiger partial charge in [-0.05, 0) is 42.8 Å². The van der Waals surface area contributed by atoms with Gasteiger partial charge in [-0.3, -0.25) is 14.9 Å². The van der Waals surface area contributed by atoms with Crippen molar-refractivity contribution in [2.75, 3.05) is 16.8 Å². The van der Waals surface area contributed by atoms with Crippen LogP contribution in [-0.4, -0.2) is 28.6 Å². The van der Waals surface area contributed by atoms with Crippen LogP contribution in [0.1, 0.15) is 33.3 Å². The molecule has 2 heterocycles. The van der Waals surface area contributed by atoms with Crippen molar-refractivity contribution >= 4 is 34.0 Å². The van der Waals surface area contributed by atoms with Crippen LogP contribution >= 0.6 is 11.3 Å². The molecule has 2 amide bonds. The molecule has 2 aromatic carbocycles. The number of rotatable bonds is 4. The fraction of sp³-hybridized carbons (Fsp3) is 0.200. The molecule has 0 saturated carbocycles. The van der Waals surface area contributed by atoms with Crippen LogP contribution in [-0.2, 0) is 4.79 Å². The summed E-state index contributed by atoms with van der Waals surface area (Å²) in [6.45, 7) is 2.51. The first-order chi connectivity index (χ1) is 13.5. The molecule has 142 valence electrons. The molecule has 1 fully saturated rings. The zero-order chi connectivity index (χ0) is 19.7. The molecule has 0 aliphatic carbocycles. The summed E-state index contributed by atoms with van der Waals surface area (Å²) in [4.78, 5) is 26.5. The highest BCUT2D eigenvalue weighted by Gasteiger charge is 2.34. The van der Waals surface area contributed by atoms with E-state index in [0.29, 0.717) is 28.7 Å². The SMILES string of the molecule is Cc1ccccc1N1C[C@H](c2nnc(NC(=O)c3ccc(F)cc3)s2)CC1=O. The van der Waals surface area contributed by atoms with E-state index in [0.717, 1.165) is 11.3 Å². The number of carbonyl (C=O) groups is 2. The molecule has 4 rings (SSSR count). The molecule has 3 aromatic rings. The first-order valence-electron chi connectivity index (χ1n) is 8.77. The van der Waals surface area contributed by atoms with Gasteiger partial charge in [-0.25, -0.2) is 4.39 Å². The van der Waals surface area contributed by atoms with Crippen molar-refractivity contribution in [2.24, 2.45) is 0 Å². The summed E-state index contributed by atoms with van der Waals surface area (Å²) in [5.74, 6) is -0.807. The zero-order valence-electron chi connectivity index (χ0n) is 15.1. The fourth-order valence-electron chi connectivity index (χ4n) is 3.19. The first kappa shape index (κ1) is 18.2. The highest BCUT2D eigenvalue weighted by molar-refractivity contribution is 7.15. The van der Waals surface area contributed by atoms with Crippen LogP contribution in [0, 0.1) is 12.7 Å².